The number of alkyl halides is 1. The van der Waals surface area contributed by atoms with Crippen molar-refractivity contribution < 1.29 is 9.53 Å². The molecule has 1 N–H and O–H groups in total. The van der Waals surface area contributed by atoms with Crippen molar-refractivity contribution in [1.82, 2.24) is 10.2 Å². The van der Waals surface area contributed by atoms with Gasteiger partial charge in [0.15, 0.2) is 0 Å². The summed E-state index contributed by atoms with van der Waals surface area (Å²) in [5, 5.41) is 4.88. The molecule has 1 fully saturated rings. The van der Waals surface area contributed by atoms with Gasteiger partial charge >= 0.3 is 0 Å². The van der Waals surface area contributed by atoms with Crippen LogP contribution in [-0.4, -0.2) is 37.0 Å². The van der Waals surface area contributed by atoms with Crippen molar-refractivity contribution >= 4 is 50.5 Å². The van der Waals surface area contributed by atoms with Crippen LogP contribution in [0.2, 0.25) is 5.02 Å². The number of ether oxygens (including phenoxy) is 1. The Kier molecular flexibility index (Phi) is 8.59. The number of thiophene rings is 1. The number of hydrogen-bond acceptors (Lipinski definition) is 4. The molecular formula is C31H32Cl2N2O2S. The molecule has 1 heterocycles. The first-order chi connectivity index (χ1) is 18.5. The Morgan fingerprint density at radius 1 is 1.03 bits per heavy atom. The van der Waals surface area contributed by atoms with Crippen molar-refractivity contribution in [3.63, 3.8) is 0 Å². The summed E-state index contributed by atoms with van der Waals surface area (Å²) in [5.74, 6) is 1.25. The number of amides is 1. The van der Waals surface area contributed by atoms with Gasteiger partial charge < -0.3 is 15.0 Å². The lowest BCUT2D eigenvalue weighted by atomic mass is 9.89. The van der Waals surface area contributed by atoms with Crippen LogP contribution in [0.25, 0.3) is 21.2 Å². The van der Waals surface area contributed by atoms with Gasteiger partial charge in [0.05, 0.1) is 12.1 Å². The maximum absolute atomic E-state index is 14.2. The number of nitrogens with one attached hydrogen (secondary N) is 1. The summed E-state index contributed by atoms with van der Waals surface area (Å²) in [5.41, 5.74) is 4.24. The second-order valence-electron chi connectivity index (χ2n) is 9.83. The number of carbonyl (C=O) groups excluding carboxylic acids is 1. The smallest absolute Gasteiger partial charge is 0.266 e. The molecule has 5 rings (SSSR count). The van der Waals surface area contributed by atoms with Crippen LogP contribution in [-0.2, 0) is 12.4 Å². The molecular weight excluding hydrogens is 535 g/mol. The molecule has 0 saturated heterocycles. The number of benzene rings is 3. The molecule has 0 spiro atoms. The van der Waals surface area contributed by atoms with Crippen LogP contribution in [0.5, 0.6) is 5.75 Å². The third-order valence-electron chi connectivity index (χ3n) is 7.60. The Morgan fingerprint density at radius 2 is 1.74 bits per heavy atom. The van der Waals surface area contributed by atoms with Crippen molar-refractivity contribution in [2.24, 2.45) is 0 Å². The van der Waals surface area contributed by atoms with E-state index >= 15 is 0 Å². The molecule has 0 unspecified atom stereocenters. The van der Waals surface area contributed by atoms with Gasteiger partial charge in [-0.2, -0.15) is 0 Å². The number of carbonyl (C=O) groups is 1. The topological polar surface area (TPSA) is 41.6 Å². The summed E-state index contributed by atoms with van der Waals surface area (Å²) in [6.45, 7) is 0.453. The highest BCUT2D eigenvalue weighted by atomic mass is 35.5. The summed E-state index contributed by atoms with van der Waals surface area (Å²) in [7, 11) is 3.70. The van der Waals surface area contributed by atoms with E-state index in [-0.39, 0.29) is 11.9 Å². The van der Waals surface area contributed by atoms with Gasteiger partial charge in [0, 0.05) is 40.2 Å². The molecule has 1 amide bonds. The van der Waals surface area contributed by atoms with Gasteiger partial charge in [-0.3, -0.25) is 4.79 Å². The summed E-state index contributed by atoms with van der Waals surface area (Å²) < 4.78 is 6.79. The van der Waals surface area contributed by atoms with Crippen molar-refractivity contribution in [2.45, 2.75) is 50.2 Å². The lowest BCUT2D eigenvalue weighted by Crippen LogP contribution is -2.44. The molecule has 4 aromatic rings. The number of nitrogens with zero attached hydrogens (tertiary/aromatic N) is 1. The fraction of sp³-hybridized carbons (Fsp3) is 0.323. The normalized spacial score (nSPS) is 17.5. The molecule has 0 aliphatic heterocycles. The average molecular weight is 568 g/mol. The van der Waals surface area contributed by atoms with Gasteiger partial charge in [0.25, 0.3) is 5.91 Å². The molecule has 1 aliphatic carbocycles. The molecule has 1 aliphatic rings. The molecule has 4 nitrogen and oxygen atoms in total. The quantitative estimate of drug-likeness (QED) is 0.219. The maximum atomic E-state index is 14.2. The van der Waals surface area contributed by atoms with Gasteiger partial charge in [0.2, 0.25) is 0 Å². The minimum absolute atomic E-state index is 0.0111. The van der Waals surface area contributed by atoms with Gasteiger partial charge in [-0.25, -0.2) is 0 Å². The lowest BCUT2D eigenvalue weighted by molar-refractivity contribution is 0.0604. The molecule has 198 valence electrons. The Hall–Kier alpha value is -2.57. The summed E-state index contributed by atoms with van der Waals surface area (Å²) in [4.78, 5) is 16.8. The molecule has 0 atom stereocenters. The SMILES string of the molecule is CN[C@H]1CC[C@@H](N(Cc2cc(-c3ccc(CCl)cc3)ccc2OC)C(=O)c2sc3ccccc3c2Cl)CC1. The molecule has 1 saturated carbocycles. The summed E-state index contributed by atoms with van der Waals surface area (Å²) in [6.07, 6.45) is 3.97. The number of hydrogen-bond donors (Lipinski definition) is 1. The predicted molar refractivity (Wildman–Crippen MR) is 160 cm³/mol. The molecule has 0 bridgehead atoms. The standard InChI is InChI=1S/C31H32Cl2N2O2S/c1-34-24-12-14-25(15-13-24)35(31(36)30-29(33)26-5-3-4-6-28(26)38-30)19-23-17-22(11-16-27(23)37-2)21-9-7-20(18-32)8-10-21/h3-11,16-17,24-25,34H,12-15,18-19H2,1-2H3/t24-,25+. The van der Waals surface area contributed by atoms with E-state index in [0.717, 1.165) is 63.8 Å². The first-order valence-corrected chi connectivity index (χ1v) is 14.7. The Morgan fingerprint density at radius 3 is 2.39 bits per heavy atom. The lowest BCUT2D eigenvalue weighted by Gasteiger charge is -2.37. The molecule has 1 aromatic heterocycles. The fourth-order valence-electron chi connectivity index (χ4n) is 5.38. The van der Waals surface area contributed by atoms with Crippen LogP contribution < -0.4 is 10.1 Å². The zero-order valence-electron chi connectivity index (χ0n) is 21.7. The second kappa shape index (κ2) is 12.1. The highest BCUT2D eigenvalue weighted by Gasteiger charge is 2.32. The van der Waals surface area contributed by atoms with Gasteiger partial charge in [-0.05, 0) is 67.6 Å². The molecule has 0 radical (unpaired) electrons. The summed E-state index contributed by atoms with van der Waals surface area (Å²) >= 11 is 14.3. The monoisotopic (exact) mass is 566 g/mol. The molecule has 3 aromatic carbocycles. The highest BCUT2D eigenvalue weighted by molar-refractivity contribution is 7.21. The van der Waals surface area contributed by atoms with E-state index in [4.69, 9.17) is 27.9 Å². The first-order valence-electron chi connectivity index (χ1n) is 13.0. The predicted octanol–water partition coefficient (Wildman–Crippen LogP) is 8.14. The van der Waals surface area contributed by atoms with E-state index in [1.54, 1.807) is 7.11 Å². The molecule has 7 heteroatoms. The van der Waals surface area contributed by atoms with E-state index in [1.165, 1.54) is 11.3 Å². The van der Waals surface area contributed by atoms with Crippen LogP contribution in [0.3, 0.4) is 0 Å². The van der Waals surface area contributed by atoms with Crippen molar-refractivity contribution in [3.05, 3.63) is 87.8 Å². The average Bonchev–Trinajstić information content (AvgIpc) is 3.32. The van der Waals surface area contributed by atoms with Crippen LogP contribution in [0.15, 0.2) is 66.7 Å². The van der Waals surface area contributed by atoms with Crippen LogP contribution >= 0.6 is 34.5 Å². The first kappa shape index (κ1) is 27.0. The number of fused-ring (bicyclic) bond motifs is 1. The second-order valence-corrected chi connectivity index (χ2v) is 11.5. The minimum atomic E-state index is -0.0111. The van der Waals surface area contributed by atoms with E-state index < -0.39 is 0 Å². The van der Waals surface area contributed by atoms with Gasteiger partial charge in [-0.1, -0.05) is 60.1 Å². The summed E-state index contributed by atoms with van der Waals surface area (Å²) in [6, 6.07) is 23.0. The van der Waals surface area contributed by atoms with E-state index in [9.17, 15) is 4.79 Å². The van der Waals surface area contributed by atoms with Gasteiger partial charge in [0.1, 0.15) is 10.6 Å². The van der Waals surface area contributed by atoms with Gasteiger partial charge in [-0.15, -0.1) is 22.9 Å². The zero-order chi connectivity index (χ0) is 26.6. The van der Waals surface area contributed by atoms with Crippen molar-refractivity contribution in [2.75, 3.05) is 14.2 Å². The van der Waals surface area contributed by atoms with Crippen molar-refractivity contribution in [3.8, 4) is 16.9 Å². The van der Waals surface area contributed by atoms with E-state index in [2.05, 4.69) is 29.6 Å². The van der Waals surface area contributed by atoms with Crippen molar-refractivity contribution in [1.29, 1.82) is 0 Å². The third-order valence-corrected chi connectivity index (χ3v) is 9.57. The zero-order valence-corrected chi connectivity index (χ0v) is 24.0. The van der Waals surface area contributed by atoms with Crippen LogP contribution in [0.1, 0.15) is 46.5 Å². The number of halogens is 2. The highest BCUT2D eigenvalue weighted by Crippen LogP contribution is 2.38. The largest absolute Gasteiger partial charge is 0.496 e. The van der Waals surface area contributed by atoms with Crippen LogP contribution in [0, 0.1) is 0 Å². The fourth-order valence-corrected chi connectivity index (χ4v) is 7.02. The minimum Gasteiger partial charge on any atom is -0.496 e. The Balaban J connectivity index is 1.51. The van der Waals surface area contributed by atoms with E-state index in [0.29, 0.717) is 28.4 Å². The Bertz CT molecular complexity index is 1410. The van der Waals surface area contributed by atoms with Crippen LogP contribution in [0.4, 0.5) is 0 Å². The number of rotatable bonds is 8. The maximum Gasteiger partial charge on any atom is 0.266 e. The Labute approximate surface area is 238 Å². The number of methoxy groups -OCH3 is 1. The molecule has 38 heavy (non-hydrogen) atoms. The third kappa shape index (κ3) is 5.57. The van der Waals surface area contributed by atoms with E-state index in [1.807, 2.05) is 54.4 Å².